The molecule has 0 amide bonds. The average Bonchev–Trinajstić information content (AvgIpc) is 2.28. The highest BCUT2D eigenvalue weighted by atomic mass is 79.9. The number of aromatic amines is 1. The van der Waals surface area contributed by atoms with Crippen LogP contribution in [0.25, 0.3) is 11.5 Å². The standard InChI is InChI=1S/C12H12BrN3S/c1-7(2)9-6-10(17)16-12(15-9)11-8(13)4-3-5-14-11/h3-7H,1-2H3,(H,15,16,17). The Balaban J connectivity index is 2.60. The second-order valence-electron chi connectivity index (χ2n) is 4.01. The van der Waals surface area contributed by atoms with Gasteiger partial charge >= 0.3 is 0 Å². The van der Waals surface area contributed by atoms with Gasteiger partial charge in [0.2, 0.25) is 0 Å². The Morgan fingerprint density at radius 1 is 1.41 bits per heavy atom. The van der Waals surface area contributed by atoms with Crippen LogP contribution in [-0.4, -0.2) is 15.0 Å². The van der Waals surface area contributed by atoms with Gasteiger partial charge in [-0.15, -0.1) is 0 Å². The molecule has 0 unspecified atom stereocenters. The van der Waals surface area contributed by atoms with E-state index in [0.717, 1.165) is 15.9 Å². The summed E-state index contributed by atoms with van der Waals surface area (Å²) in [5, 5.41) is 0. The minimum absolute atomic E-state index is 0.376. The number of hydrogen-bond acceptors (Lipinski definition) is 3. The number of nitrogens with one attached hydrogen (secondary N) is 1. The lowest BCUT2D eigenvalue weighted by molar-refractivity contribution is 0.814. The largest absolute Gasteiger partial charge is 0.342 e. The highest BCUT2D eigenvalue weighted by Crippen LogP contribution is 2.23. The van der Waals surface area contributed by atoms with Crippen molar-refractivity contribution in [2.75, 3.05) is 0 Å². The van der Waals surface area contributed by atoms with Crippen molar-refractivity contribution in [3.8, 4) is 11.5 Å². The van der Waals surface area contributed by atoms with Crippen molar-refractivity contribution in [1.29, 1.82) is 0 Å². The molecule has 0 radical (unpaired) electrons. The van der Waals surface area contributed by atoms with Crippen molar-refractivity contribution in [2.24, 2.45) is 0 Å². The van der Waals surface area contributed by atoms with E-state index in [4.69, 9.17) is 12.2 Å². The van der Waals surface area contributed by atoms with Gasteiger partial charge in [0.25, 0.3) is 0 Å². The van der Waals surface area contributed by atoms with E-state index >= 15 is 0 Å². The van der Waals surface area contributed by atoms with Crippen LogP contribution in [0.3, 0.4) is 0 Å². The van der Waals surface area contributed by atoms with Crippen LogP contribution in [-0.2, 0) is 0 Å². The van der Waals surface area contributed by atoms with E-state index in [1.165, 1.54) is 0 Å². The first-order chi connectivity index (χ1) is 8.08. The summed E-state index contributed by atoms with van der Waals surface area (Å²) in [6.07, 6.45) is 1.74. The molecule has 2 aromatic heterocycles. The summed E-state index contributed by atoms with van der Waals surface area (Å²) in [6.45, 7) is 4.22. The molecular formula is C12H12BrN3S. The zero-order valence-corrected chi connectivity index (χ0v) is 12.0. The van der Waals surface area contributed by atoms with E-state index in [2.05, 4.69) is 44.7 Å². The Morgan fingerprint density at radius 2 is 2.18 bits per heavy atom. The van der Waals surface area contributed by atoms with Crippen molar-refractivity contribution in [2.45, 2.75) is 19.8 Å². The van der Waals surface area contributed by atoms with Crippen LogP contribution in [0.15, 0.2) is 28.9 Å². The van der Waals surface area contributed by atoms with Crippen LogP contribution in [0.4, 0.5) is 0 Å². The first-order valence-corrected chi connectivity index (χ1v) is 6.50. The zero-order valence-electron chi connectivity index (χ0n) is 9.57. The highest BCUT2D eigenvalue weighted by Gasteiger charge is 2.08. The molecule has 0 fully saturated rings. The second kappa shape index (κ2) is 5.06. The molecule has 0 aliphatic carbocycles. The van der Waals surface area contributed by atoms with E-state index in [-0.39, 0.29) is 0 Å². The van der Waals surface area contributed by atoms with Crippen molar-refractivity contribution < 1.29 is 0 Å². The Hall–Kier alpha value is -1.07. The predicted molar refractivity (Wildman–Crippen MR) is 74.4 cm³/mol. The molecule has 0 spiro atoms. The molecule has 0 atom stereocenters. The monoisotopic (exact) mass is 309 g/mol. The number of aromatic nitrogens is 3. The molecule has 2 heterocycles. The Bertz CT molecular complexity index is 592. The van der Waals surface area contributed by atoms with Gasteiger partial charge in [-0.05, 0) is 40.0 Å². The van der Waals surface area contributed by atoms with E-state index in [0.29, 0.717) is 16.4 Å². The summed E-state index contributed by atoms with van der Waals surface area (Å²) in [4.78, 5) is 11.9. The predicted octanol–water partition coefficient (Wildman–Crippen LogP) is 4.09. The molecular weight excluding hydrogens is 298 g/mol. The number of nitrogens with zero attached hydrogens (tertiary/aromatic N) is 2. The highest BCUT2D eigenvalue weighted by molar-refractivity contribution is 9.10. The number of H-pyrrole nitrogens is 1. The topological polar surface area (TPSA) is 41.6 Å². The zero-order chi connectivity index (χ0) is 12.4. The normalized spacial score (nSPS) is 10.8. The van der Waals surface area contributed by atoms with Gasteiger partial charge in [0, 0.05) is 16.4 Å². The molecule has 2 rings (SSSR count). The summed E-state index contributed by atoms with van der Waals surface area (Å²) in [6, 6.07) is 5.69. The van der Waals surface area contributed by atoms with Gasteiger partial charge in [-0.2, -0.15) is 0 Å². The maximum absolute atomic E-state index is 5.18. The van der Waals surface area contributed by atoms with Crippen LogP contribution >= 0.6 is 28.1 Å². The molecule has 2 aromatic rings. The SMILES string of the molecule is CC(C)c1cc(=S)nc(-c2ncccc2Br)[nH]1. The Labute approximate surface area is 113 Å². The lowest BCUT2D eigenvalue weighted by atomic mass is 10.1. The van der Waals surface area contributed by atoms with Crippen LogP contribution < -0.4 is 0 Å². The minimum Gasteiger partial charge on any atom is -0.342 e. The molecule has 1 N–H and O–H groups in total. The van der Waals surface area contributed by atoms with E-state index in [1.807, 2.05) is 18.2 Å². The Kier molecular flexibility index (Phi) is 3.69. The van der Waals surface area contributed by atoms with Gasteiger partial charge in [0.1, 0.15) is 10.3 Å². The van der Waals surface area contributed by atoms with Crippen LogP contribution in [0, 0.1) is 4.64 Å². The molecule has 0 saturated heterocycles. The van der Waals surface area contributed by atoms with E-state index < -0.39 is 0 Å². The van der Waals surface area contributed by atoms with Gasteiger partial charge in [-0.3, -0.25) is 4.98 Å². The number of rotatable bonds is 2. The average molecular weight is 310 g/mol. The summed E-state index contributed by atoms with van der Waals surface area (Å²) in [7, 11) is 0. The summed E-state index contributed by atoms with van der Waals surface area (Å²) in [5.74, 6) is 1.08. The van der Waals surface area contributed by atoms with Gasteiger partial charge in [0.15, 0.2) is 5.82 Å². The lowest BCUT2D eigenvalue weighted by Crippen LogP contribution is -1.99. The Morgan fingerprint density at radius 3 is 2.82 bits per heavy atom. The summed E-state index contributed by atoms with van der Waals surface area (Å²) < 4.78 is 1.49. The van der Waals surface area contributed by atoms with Crippen LogP contribution in [0.2, 0.25) is 0 Å². The van der Waals surface area contributed by atoms with Crippen molar-refractivity contribution in [3.63, 3.8) is 0 Å². The second-order valence-corrected chi connectivity index (χ2v) is 5.28. The van der Waals surface area contributed by atoms with Crippen LogP contribution in [0.1, 0.15) is 25.5 Å². The molecule has 0 saturated carbocycles. The molecule has 0 aliphatic heterocycles. The first kappa shape index (κ1) is 12.4. The fraction of sp³-hybridized carbons (Fsp3) is 0.250. The van der Waals surface area contributed by atoms with Crippen LogP contribution in [0.5, 0.6) is 0 Å². The minimum atomic E-state index is 0.376. The number of pyridine rings is 1. The third kappa shape index (κ3) is 2.79. The third-order valence-electron chi connectivity index (χ3n) is 2.37. The molecule has 0 bridgehead atoms. The van der Waals surface area contributed by atoms with Crippen molar-refractivity contribution in [1.82, 2.24) is 15.0 Å². The van der Waals surface area contributed by atoms with E-state index in [9.17, 15) is 0 Å². The smallest absolute Gasteiger partial charge is 0.158 e. The lowest BCUT2D eigenvalue weighted by Gasteiger charge is -2.08. The van der Waals surface area contributed by atoms with Crippen molar-refractivity contribution >= 4 is 28.1 Å². The maximum Gasteiger partial charge on any atom is 0.158 e. The number of halogens is 1. The van der Waals surface area contributed by atoms with Gasteiger partial charge in [-0.1, -0.05) is 26.1 Å². The molecule has 17 heavy (non-hydrogen) atoms. The van der Waals surface area contributed by atoms with Gasteiger partial charge < -0.3 is 4.98 Å². The van der Waals surface area contributed by atoms with Crippen molar-refractivity contribution in [3.05, 3.63) is 39.2 Å². The summed E-state index contributed by atoms with van der Waals surface area (Å²) >= 11 is 8.64. The fourth-order valence-corrected chi connectivity index (χ4v) is 2.12. The van der Waals surface area contributed by atoms with Gasteiger partial charge in [0.05, 0.1) is 0 Å². The van der Waals surface area contributed by atoms with Gasteiger partial charge in [-0.25, -0.2) is 4.98 Å². The molecule has 5 heteroatoms. The fourth-order valence-electron chi connectivity index (χ4n) is 1.46. The van der Waals surface area contributed by atoms with E-state index in [1.54, 1.807) is 6.20 Å². The molecule has 88 valence electrons. The molecule has 3 nitrogen and oxygen atoms in total. The molecule has 0 aliphatic rings. The summed E-state index contributed by atoms with van der Waals surface area (Å²) in [5.41, 5.74) is 1.85. The maximum atomic E-state index is 5.18. The quantitative estimate of drug-likeness (QED) is 0.850. The molecule has 0 aromatic carbocycles. The first-order valence-electron chi connectivity index (χ1n) is 5.30. The third-order valence-corrected chi connectivity index (χ3v) is 3.22. The number of hydrogen-bond donors (Lipinski definition) is 1.